The second-order valence-electron chi connectivity index (χ2n) is 1.46. The second kappa shape index (κ2) is 4.49. The molecule has 0 N–H and O–H groups in total. The smallest absolute Gasteiger partial charge is 0.276 e. The molecule has 0 spiro atoms. The van der Waals surface area contributed by atoms with Crippen molar-refractivity contribution in [1.29, 1.82) is 0 Å². The zero-order valence-corrected chi connectivity index (χ0v) is 7.08. The van der Waals surface area contributed by atoms with Crippen LogP contribution >= 0.6 is 0 Å². The van der Waals surface area contributed by atoms with Gasteiger partial charge in [-0.1, -0.05) is 6.58 Å². The standard InChI is InChI=1S/C7H7N.HI/c1-2-7-5-3-4-6-8-7;/h2-6H,1H2;1H/q+1;/p-1. The van der Waals surface area contributed by atoms with Crippen molar-refractivity contribution in [2.24, 2.45) is 0 Å². The van der Waals surface area contributed by atoms with Gasteiger partial charge in [0.15, 0.2) is 0 Å². The van der Waals surface area contributed by atoms with E-state index in [-0.39, 0.29) is 24.0 Å². The Balaban J connectivity index is 0.000000640. The van der Waals surface area contributed by atoms with Crippen LogP contribution in [-0.4, -0.2) is 6.21 Å². The number of halogens is 1. The first-order valence-electron chi connectivity index (χ1n) is 2.47. The van der Waals surface area contributed by atoms with Gasteiger partial charge in [-0.2, -0.15) is 0 Å². The van der Waals surface area contributed by atoms with Gasteiger partial charge in [-0.15, -0.1) is 0 Å². The number of rotatable bonds is 1. The number of hydrogen-bond donors (Lipinski definition) is 0. The molecule has 1 radical (unpaired) electrons. The first-order valence-corrected chi connectivity index (χ1v) is 2.47. The number of hydrogen-bond acceptors (Lipinski definition) is 1. The highest BCUT2D eigenvalue weighted by molar-refractivity contribution is 5.73. The quantitative estimate of drug-likeness (QED) is 0.466. The van der Waals surface area contributed by atoms with Gasteiger partial charge in [0.25, 0.3) is 5.70 Å². The van der Waals surface area contributed by atoms with E-state index in [1.807, 2.05) is 18.2 Å². The van der Waals surface area contributed by atoms with E-state index in [9.17, 15) is 0 Å². The molecule has 0 fully saturated rings. The summed E-state index contributed by atoms with van der Waals surface area (Å²) >= 11 is 0. The summed E-state index contributed by atoms with van der Waals surface area (Å²) < 4.78 is 0. The maximum atomic E-state index is 3.98. The van der Waals surface area contributed by atoms with Crippen LogP contribution in [0.15, 0.2) is 36.6 Å². The SMILES string of the molecule is C=CC1=CC=CC=[N+]1.[I-]. The van der Waals surface area contributed by atoms with Crippen molar-refractivity contribution in [3.63, 3.8) is 0 Å². The molecule has 2 heteroatoms. The van der Waals surface area contributed by atoms with Crippen LogP contribution in [-0.2, 0) is 0 Å². The summed E-state index contributed by atoms with van der Waals surface area (Å²) in [5.74, 6) is 0. The summed E-state index contributed by atoms with van der Waals surface area (Å²) in [4.78, 5) is 3.98. The molecule has 9 heavy (non-hydrogen) atoms. The molecule has 0 aliphatic carbocycles. The highest BCUT2D eigenvalue weighted by Crippen LogP contribution is 1.91. The minimum absolute atomic E-state index is 0. The molecular formula is C7H7IN. The van der Waals surface area contributed by atoms with E-state index in [0.717, 1.165) is 5.70 Å². The van der Waals surface area contributed by atoms with Gasteiger partial charge in [-0.05, 0) is 6.08 Å². The summed E-state index contributed by atoms with van der Waals surface area (Å²) in [7, 11) is 0. The van der Waals surface area contributed by atoms with Crippen LogP contribution in [0.5, 0.6) is 0 Å². The number of nitrogens with zero attached hydrogens (tertiary/aromatic N) is 1. The normalized spacial score (nSPS) is 14.0. The molecule has 1 nitrogen and oxygen atoms in total. The molecule has 0 aromatic rings. The molecule has 1 rings (SSSR count). The third-order valence-electron chi connectivity index (χ3n) is 0.897. The average Bonchev–Trinajstić information content (AvgIpc) is 1.90. The summed E-state index contributed by atoms with van der Waals surface area (Å²) in [5.41, 5.74) is 0.924. The Labute approximate surface area is 71.9 Å². The van der Waals surface area contributed by atoms with E-state index >= 15 is 0 Å². The highest BCUT2D eigenvalue weighted by atomic mass is 127. The number of aliphatic imine (C=N–C) groups is 1. The maximum absolute atomic E-state index is 3.98. The van der Waals surface area contributed by atoms with Gasteiger partial charge in [0.2, 0.25) is 6.21 Å². The fourth-order valence-electron chi connectivity index (χ4n) is 0.497. The molecule has 0 saturated heterocycles. The van der Waals surface area contributed by atoms with Crippen LogP contribution in [0.2, 0.25) is 0 Å². The van der Waals surface area contributed by atoms with E-state index < -0.39 is 0 Å². The maximum Gasteiger partial charge on any atom is 0.276 e. The molecule has 0 saturated carbocycles. The Morgan fingerprint density at radius 2 is 2.22 bits per heavy atom. The van der Waals surface area contributed by atoms with Crippen LogP contribution in [0, 0.1) is 0 Å². The molecule has 0 amide bonds. The minimum Gasteiger partial charge on any atom is -1.00 e. The van der Waals surface area contributed by atoms with Crippen LogP contribution in [0.4, 0.5) is 0 Å². The van der Waals surface area contributed by atoms with E-state index in [1.54, 1.807) is 12.3 Å². The molecule has 47 valence electrons. The molecule has 0 atom stereocenters. The Morgan fingerprint density at radius 3 is 2.56 bits per heavy atom. The van der Waals surface area contributed by atoms with Crippen molar-refractivity contribution in [2.45, 2.75) is 0 Å². The minimum atomic E-state index is 0. The van der Waals surface area contributed by atoms with E-state index in [1.165, 1.54) is 0 Å². The van der Waals surface area contributed by atoms with Gasteiger partial charge >= 0.3 is 0 Å². The molecule has 1 aliphatic heterocycles. The second-order valence-corrected chi connectivity index (χ2v) is 1.46. The molecule has 1 heterocycles. The predicted octanol–water partition coefficient (Wildman–Crippen LogP) is -1.96. The fraction of sp³-hybridized carbons (Fsp3) is 0. The lowest BCUT2D eigenvalue weighted by Crippen LogP contribution is -3.00. The Morgan fingerprint density at radius 1 is 1.44 bits per heavy atom. The third-order valence-corrected chi connectivity index (χ3v) is 0.897. The van der Waals surface area contributed by atoms with Crippen molar-refractivity contribution in [1.82, 2.24) is 4.99 Å². The lowest BCUT2D eigenvalue weighted by molar-refractivity contribution is -0.00000164. The lowest BCUT2D eigenvalue weighted by atomic mass is 10.3. The van der Waals surface area contributed by atoms with Crippen molar-refractivity contribution >= 4 is 6.21 Å². The fourth-order valence-corrected chi connectivity index (χ4v) is 0.497. The van der Waals surface area contributed by atoms with Crippen LogP contribution in [0.1, 0.15) is 0 Å². The summed E-state index contributed by atoms with van der Waals surface area (Å²) in [6.07, 6.45) is 9.20. The molecule has 0 aromatic carbocycles. The Bertz CT molecular complexity index is 177. The van der Waals surface area contributed by atoms with E-state index in [2.05, 4.69) is 11.6 Å². The number of allylic oxidation sites excluding steroid dienone is 4. The zero-order valence-electron chi connectivity index (χ0n) is 4.92. The third kappa shape index (κ3) is 2.60. The van der Waals surface area contributed by atoms with E-state index in [4.69, 9.17) is 0 Å². The van der Waals surface area contributed by atoms with Gasteiger partial charge in [0.1, 0.15) is 0 Å². The van der Waals surface area contributed by atoms with E-state index in [0.29, 0.717) is 0 Å². The molecule has 1 aliphatic rings. The van der Waals surface area contributed by atoms with Crippen molar-refractivity contribution in [2.75, 3.05) is 0 Å². The van der Waals surface area contributed by atoms with Gasteiger partial charge in [-0.3, -0.25) is 0 Å². The van der Waals surface area contributed by atoms with Crippen molar-refractivity contribution in [3.05, 3.63) is 36.6 Å². The summed E-state index contributed by atoms with van der Waals surface area (Å²) in [6, 6.07) is 0. The predicted molar refractivity (Wildman–Crippen MR) is 35.6 cm³/mol. The van der Waals surface area contributed by atoms with Gasteiger partial charge in [0.05, 0.1) is 4.99 Å². The monoisotopic (exact) mass is 232 g/mol. The van der Waals surface area contributed by atoms with Gasteiger partial charge in [0, 0.05) is 18.2 Å². The summed E-state index contributed by atoms with van der Waals surface area (Å²) in [5, 5.41) is 0. The lowest BCUT2D eigenvalue weighted by Gasteiger charge is -1.76. The van der Waals surface area contributed by atoms with Crippen molar-refractivity contribution < 1.29 is 24.0 Å². The van der Waals surface area contributed by atoms with Crippen LogP contribution in [0.3, 0.4) is 0 Å². The van der Waals surface area contributed by atoms with Gasteiger partial charge < -0.3 is 24.0 Å². The Hall–Kier alpha value is -0.380. The zero-order chi connectivity index (χ0) is 5.82. The van der Waals surface area contributed by atoms with Crippen LogP contribution < -0.4 is 29.0 Å². The van der Waals surface area contributed by atoms with Gasteiger partial charge in [-0.25, -0.2) is 0 Å². The molecule has 0 unspecified atom stereocenters. The van der Waals surface area contributed by atoms with Crippen LogP contribution in [0.25, 0.3) is 0 Å². The van der Waals surface area contributed by atoms with Crippen molar-refractivity contribution in [3.8, 4) is 0 Å². The molecular weight excluding hydrogens is 225 g/mol. The Kier molecular flexibility index (Phi) is 4.30. The first-order chi connectivity index (χ1) is 3.93. The molecule has 0 aromatic heterocycles. The average molecular weight is 232 g/mol. The molecule has 0 bridgehead atoms. The topological polar surface area (TPSA) is 14.1 Å². The largest absolute Gasteiger partial charge is 1.00 e. The summed E-state index contributed by atoms with van der Waals surface area (Å²) in [6.45, 7) is 3.57. The first kappa shape index (κ1) is 8.62. The highest BCUT2D eigenvalue weighted by Gasteiger charge is 1.99.